The molecule has 0 aliphatic rings. The lowest BCUT2D eigenvalue weighted by Crippen LogP contribution is -2.53. The van der Waals surface area contributed by atoms with Gasteiger partial charge in [0, 0.05) is 35.6 Å². The number of rotatable bonds is 13. The van der Waals surface area contributed by atoms with Crippen molar-refractivity contribution in [3.63, 3.8) is 0 Å². The highest BCUT2D eigenvalue weighted by atomic mass is 35.5. The van der Waals surface area contributed by atoms with Crippen LogP contribution < -0.4 is 14.4 Å². The van der Waals surface area contributed by atoms with Crippen LogP contribution in [0.3, 0.4) is 0 Å². The maximum Gasteiger partial charge on any atom is 0.264 e. The van der Waals surface area contributed by atoms with E-state index < -0.39 is 34.4 Å². The molecule has 0 heterocycles. The normalized spacial score (nSPS) is 11.8. The predicted molar refractivity (Wildman–Crippen MR) is 174 cm³/mol. The number of benzene rings is 4. The van der Waals surface area contributed by atoms with E-state index in [4.69, 9.17) is 27.9 Å². The van der Waals surface area contributed by atoms with E-state index in [1.54, 1.807) is 60.7 Å². The average Bonchev–Trinajstić information content (AvgIpc) is 3.03. The Labute approximate surface area is 268 Å². The largest absolute Gasteiger partial charge is 0.494 e. The summed E-state index contributed by atoms with van der Waals surface area (Å²) in [5.41, 5.74) is 1.53. The van der Waals surface area contributed by atoms with E-state index in [2.05, 4.69) is 5.32 Å². The van der Waals surface area contributed by atoms with Gasteiger partial charge in [-0.2, -0.15) is 0 Å². The maximum atomic E-state index is 14.4. The minimum Gasteiger partial charge on any atom is -0.494 e. The summed E-state index contributed by atoms with van der Waals surface area (Å²) in [5.74, 6) is -0.527. The lowest BCUT2D eigenvalue weighted by atomic mass is 10.0. The molecule has 4 aromatic rings. The molecule has 0 bridgehead atoms. The lowest BCUT2D eigenvalue weighted by Gasteiger charge is -2.34. The molecule has 0 saturated heterocycles. The van der Waals surface area contributed by atoms with Crippen molar-refractivity contribution in [1.82, 2.24) is 10.2 Å². The molecule has 0 unspecified atom stereocenters. The quantitative estimate of drug-likeness (QED) is 0.192. The van der Waals surface area contributed by atoms with Crippen LogP contribution in [0.15, 0.2) is 108 Å². The number of halogens is 2. The number of likely N-dealkylation sites (N-methyl/N-ethyl adjacent to an activating group) is 1. The van der Waals surface area contributed by atoms with Crippen molar-refractivity contribution >= 4 is 50.7 Å². The molecule has 0 aliphatic heterocycles. The molecule has 1 N–H and O–H groups in total. The van der Waals surface area contributed by atoms with Crippen molar-refractivity contribution in [1.29, 1.82) is 0 Å². The van der Waals surface area contributed by atoms with E-state index in [1.165, 1.54) is 24.1 Å². The Hall–Kier alpha value is -4.05. The monoisotopic (exact) mass is 653 g/mol. The van der Waals surface area contributed by atoms with Gasteiger partial charge >= 0.3 is 0 Å². The van der Waals surface area contributed by atoms with E-state index >= 15 is 0 Å². The van der Waals surface area contributed by atoms with Crippen LogP contribution in [0.1, 0.15) is 18.1 Å². The Morgan fingerprint density at radius 2 is 1.43 bits per heavy atom. The van der Waals surface area contributed by atoms with Gasteiger partial charge in [-0.3, -0.25) is 13.9 Å². The summed E-state index contributed by atoms with van der Waals surface area (Å²) in [5, 5.41) is 3.28. The van der Waals surface area contributed by atoms with Gasteiger partial charge in [-0.1, -0.05) is 77.8 Å². The summed E-state index contributed by atoms with van der Waals surface area (Å²) in [6.45, 7) is 1.54. The van der Waals surface area contributed by atoms with Crippen molar-refractivity contribution < 1.29 is 22.7 Å². The first-order valence-electron chi connectivity index (χ1n) is 13.9. The molecular weight excluding hydrogens is 621 g/mol. The standard InChI is InChI=1S/C33H33Cl2N3O5S/c1-3-43-26-17-19-27(20-18-26)44(41,42)38(25-13-8-5-9-14-25)23-32(39)37(22-28-29(34)15-10-16-30(28)35)31(33(40)36-2)21-24-11-6-4-7-12-24/h4-20,31H,3,21-23H2,1-2H3,(H,36,40)/t31-/m0/s1. The summed E-state index contributed by atoms with van der Waals surface area (Å²) < 4.78 is 34.6. The fraction of sp³-hybridized carbons (Fsp3) is 0.212. The first-order chi connectivity index (χ1) is 21.1. The molecule has 230 valence electrons. The van der Waals surface area contributed by atoms with Gasteiger partial charge < -0.3 is 15.0 Å². The third-order valence-corrected chi connectivity index (χ3v) is 9.45. The summed E-state index contributed by atoms with van der Waals surface area (Å²) >= 11 is 13.0. The Balaban J connectivity index is 1.79. The summed E-state index contributed by atoms with van der Waals surface area (Å²) in [4.78, 5) is 29.0. The molecule has 8 nitrogen and oxygen atoms in total. The van der Waals surface area contributed by atoms with Crippen LogP contribution in [0.2, 0.25) is 10.0 Å². The molecular formula is C33H33Cl2N3O5S. The topological polar surface area (TPSA) is 96.0 Å². The van der Waals surface area contributed by atoms with Gasteiger partial charge in [0.05, 0.1) is 17.2 Å². The van der Waals surface area contributed by atoms with Crippen LogP contribution in [0, 0.1) is 0 Å². The number of sulfonamides is 1. The number of anilines is 1. The van der Waals surface area contributed by atoms with Crippen molar-refractivity contribution in [2.75, 3.05) is 24.5 Å². The minimum absolute atomic E-state index is 0.0227. The summed E-state index contributed by atoms with van der Waals surface area (Å²) in [6.07, 6.45) is 0.172. The van der Waals surface area contributed by atoms with Crippen molar-refractivity contribution in [2.24, 2.45) is 0 Å². The SMILES string of the molecule is CCOc1ccc(S(=O)(=O)N(CC(=O)N(Cc2c(Cl)cccc2Cl)[C@@H](Cc2ccccc2)C(=O)NC)c2ccccc2)cc1. The zero-order valence-corrected chi connectivity index (χ0v) is 26.6. The van der Waals surface area contributed by atoms with Crippen molar-refractivity contribution in [2.45, 2.75) is 30.8 Å². The second-order valence-corrected chi connectivity index (χ2v) is 12.5. The van der Waals surface area contributed by atoms with E-state index in [0.29, 0.717) is 28.0 Å². The predicted octanol–water partition coefficient (Wildman–Crippen LogP) is 5.97. The van der Waals surface area contributed by atoms with Crippen molar-refractivity contribution in [3.05, 3.63) is 124 Å². The lowest BCUT2D eigenvalue weighted by molar-refractivity contribution is -0.139. The van der Waals surface area contributed by atoms with Crippen LogP contribution in [-0.4, -0.2) is 51.4 Å². The zero-order valence-electron chi connectivity index (χ0n) is 24.3. The molecule has 44 heavy (non-hydrogen) atoms. The number of nitrogens with zero attached hydrogens (tertiary/aromatic N) is 2. The Morgan fingerprint density at radius 1 is 0.841 bits per heavy atom. The van der Waals surface area contributed by atoms with Gasteiger partial charge in [0.1, 0.15) is 18.3 Å². The molecule has 4 rings (SSSR count). The first-order valence-corrected chi connectivity index (χ1v) is 16.1. The number of carbonyl (C=O) groups excluding carboxylic acids is 2. The number of hydrogen-bond acceptors (Lipinski definition) is 5. The number of ether oxygens (including phenoxy) is 1. The molecule has 0 fully saturated rings. The first kappa shape index (κ1) is 32.9. The highest BCUT2D eigenvalue weighted by Crippen LogP contribution is 2.29. The van der Waals surface area contributed by atoms with Gasteiger partial charge in [-0.25, -0.2) is 8.42 Å². The van der Waals surface area contributed by atoms with Gasteiger partial charge in [0.15, 0.2) is 0 Å². The second kappa shape index (κ2) is 15.1. The van der Waals surface area contributed by atoms with E-state index in [9.17, 15) is 18.0 Å². The minimum atomic E-state index is -4.24. The Kier molecular flexibility index (Phi) is 11.3. The summed E-state index contributed by atoms with van der Waals surface area (Å²) in [7, 11) is -2.75. The number of carbonyl (C=O) groups is 2. The van der Waals surface area contributed by atoms with Gasteiger partial charge in [0.2, 0.25) is 11.8 Å². The summed E-state index contributed by atoms with van der Waals surface area (Å²) in [6, 6.07) is 27.5. The highest BCUT2D eigenvalue weighted by molar-refractivity contribution is 7.92. The highest BCUT2D eigenvalue weighted by Gasteiger charge is 2.35. The molecule has 0 spiro atoms. The molecule has 2 amide bonds. The van der Waals surface area contributed by atoms with Crippen LogP contribution in [0.5, 0.6) is 5.75 Å². The van der Waals surface area contributed by atoms with E-state index in [1.807, 2.05) is 37.3 Å². The molecule has 1 atom stereocenters. The third-order valence-electron chi connectivity index (χ3n) is 6.95. The third kappa shape index (κ3) is 7.91. The molecule has 4 aromatic carbocycles. The maximum absolute atomic E-state index is 14.4. The van der Waals surface area contributed by atoms with Crippen LogP contribution in [0.4, 0.5) is 5.69 Å². The van der Waals surface area contributed by atoms with E-state index in [-0.39, 0.29) is 23.5 Å². The molecule has 0 saturated carbocycles. The van der Waals surface area contributed by atoms with Gasteiger partial charge in [0.25, 0.3) is 10.0 Å². The number of nitrogens with one attached hydrogen (secondary N) is 1. The number of para-hydroxylation sites is 1. The fourth-order valence-corrected chi connectivity index (χ4v) is 6.63. The smallest absolute Gasteiger partial charge is 0.264 e. The molecule has 0 radical (unpaired) electrons. The van der Waals surface area contributed by atoms with E-state index in [0.717, 1.165) is 9.87 Å². The fourth-order valence-electron chi connectivity index (χ4n) is 4.70. The average molecular weight is 655 g/mol. The Morgan fingerprint density at radius 3 is 2.00 bits per heavy atom. The molecule has 11 heteroatoms. The van der Waals surface area contributed by atoms with Crippen LogP contribution in [0.25, 0.3) is 0 Å². The zero-order chi connectivity index (χ0) is 31.7. The Bertz CT molecular complexity index is 1650. The van der Waals surface area contributed by atoms with Gasteiger partial charge in [-0.05, 0) is 61.0 Å². The molecule has 0 aromatic heterocycles. The molecule has 0 aliphatic carbocycles. The van der Waals surface area contributed by atoms with Crippen LogP contribution >= 0.6 is 23.2 Å². The van der Waals surface area contributed by atoms with Gasteiger partial charge in [-0.15, -0.1) is 0 Å². The van der Waals surface area contributed by atoms with Crippen LogP contribution in [-0.2, 0) is 32.6 Å². The second-order valence-electron chi connectivity index (χ2n) is 9.79. The number of hydrogen-bond donors (Lipinski definition) is 1. The number of amides is 2. The van der Waals surface area contributed by atoms with Crippen molar-refractivity contribution in [3.8, 4) is 5.75 Å².